The Kier molecular flexibility index (Phi) is 6.42. The second kappa shape index (κ2) is 8.41. The lowest BCUT2D eigenvalue weighted by molar-refractivity contribution is 0.100. The lowest BCUT2D eigenvalue weighted by Gasteiger charge is -2.40. The number of benzene rings is 1. The summed E-state index contributed by atoms with van der Waals surface area (Å²) in [6.45, 7) is 2.80. The van der Waals surface area contributed by atoms with E-state index in [0.29, 0.717) is 12.1 Å². The monoisotopic (exact) mass is 398 g/mol. The summed E-state index contributed by atoms with van der Waals surface area (Å²) < 4.78 is 34.7. The van der Waals surface area contributed by atoms with E-state index in [0.717, 1.165) is 17.1 Å². The van der Waals surface area contributed by atoms with Crippen molar-refractivity contribution in [1.29, 1.82) is 0 Å². The van der Waals surface area contributed by atoms with Gasteiger partial charge in [-0.25, -0.2) is 0 Å². The predicted octanol–water partition coefficient (Wildman–Crippen LogP) is 3.80. The van der Waals surface area contributed by atoms with Gasteiger partial charge in [-0.1, -0.05) is 19.3 Å². The molecule has 146 valence electrons. The Bertz CT molecular complexity index is 595. The molecule has 0 amide bonds. The van der Waals surface area contributed by atoms with Crippen LogP contribution in [0.5, 0.6) is 11.5 Å². The molecule has 1 fully saturated rings. The molecule has 2 aliphatic rings. The van der Waals surface area contributed by atoms with Crippen molar-refractivity contribution in [2.75, 3.05) is 27.6 Å². The van der Waals surface area contributed by atoms with Crippen molar-refractivity contribution < 1.29 is 26.9 Å². The molecule has 0 radical (unpaired) electrons. The van der Waals surface area contributed by atoms with Crippen LogP contribution in [-0.4, -0.2) is 44.9 Å². The first kappa shape index (κ1) is 19.8. The number of hydrogen-bond donors (Lipinski definition) is 0. The molecule has 0 aromatic heterocycles. The molecular weight excluding hydrogens is 368 g/mol. The summed E-state index contributed by atoms with van der Waals surface area (Å²) in [5, 5.41) is 0. The first-order chi connectivity index (χ1) is 12.5. The molecule has 0 bridgehead atoms. The van der Waals surface area contributed by atoms with Crippen LogP contribution in [0.4, 0.5) is 0 Å². The molecule has 1 aromatic carbocycles. The van der Waals surface area contributed by atoms with E-state index >= 15 is 0 Å². The third-order valence-electron chi connectivity index (χ3n) is 5.55. The summed E-state index contributed by atoms with van der Waals surface area (Å²) >= 11 is 0. The van der Waals surface area contributed by atoms with Gasteiger partial charge < -0.3 is 26.9 Å². The predicted molar refractivity (Wildman–Crippen MR) is 103 cm³/mol. The smallest absolute Gasteiger partial charge is 0.520 e. The standard InChI is InChI=1S/C18H30O6Si2/c1-19-26(20-2,21-3)14-22-16-10-11-18-15(12-16)13-23-25(4,24-18)17-8-6-5-7-9-17/h10-12,17H,5-9,13-14H2,1-4H3. The summed E-state index contributed by atoms with van der Waals surface area (Å²) in [5.74, 6) is 1.68. The summed E-state index contributed by atoms with van der Waals surface area (Å²) in [7, 11) is -0.192. The highest BCUT2D eigenvalue weighted by Crippen LogP contribution is 2.42. The van der Waals surface area contributed by atoms with Gasteiger partial charge in [0.05, 0.1) is 6.61 Å². The fraction of sp³-hybridized carbons (Fsp3) is 0.667. The van der Waals surface area contributed by atoms with Crippen molar-refractivity contribution in [3.8, 4) is 11.5 Å². The van der Waals surface area contributed by atoms with Crippen LogP contribution in [0.1, 0.15) is 37.7 Å². The van der Waals surface area contributed by atoms with Crippen LogP contribution in [0, 0.1) is 0 Å². The van der Waals surface area contributed by atoms with E-state index in [2.05, 4.69) is 6.55 Å². The van der Waals surface area contributed by atoms with Crippen LogP contribution in [-0.2, 0) is 24.3 Å². The Morgan fingerprint density at radius 1 is 1.08 bits per heavy atom. The van der Waals surface area contributed by atoms with E-state index in [4.69, 9.17) is 26.9 Å². The molecule has 0 N–H and O–H groups in total. The van der Waals surface area contributed by atoms with Gasteiger partial charge in [-0.05, 0) is 37.6 Å². The summed E-state index contributed by atoms with van der Waals surface area (Å²) in [6, 6.07) is 5.90. The fourth-order valence-electron chi connectivity index (χ4n) is 3.75. The molecule has 1 heterocycles. The normalized spacial score (nSPS) is 24.0. The van der Waals surface area contributed by atoms with Crippen LogP contribution in [0.3, 0.4) is 0 Å². The van der Waals surface area contributed by atoms with Gasteiger partial charge in [0.15, 0.2) is 6.23 Å². The largest absolute Gasteiger partial charge is 0.539 e. The molecule has 0 saturated heterocycles. The van der Waals surface area contributed by atoms with Gasteiger partial charge in [-0.15, -0.1) is 0 Å². The van der Waals surface area contributed by atoms with Crippen molar-refractivity contribution >= 4 is 17.4 Å². The molecule has 8 heteroatoms. The van der Waals surface area contributed by atoms with Crippen LogP contribution in [0.25, 0.3) is 0 Å². The van der Waals surface area contributed by atoms with E-state index < -0.39 is 17.4 Å². The van der Waals surface area contributed by atoms with Gasteiger partial charge in [0.1, 0.15) is 11.5 Å². The summed E-state index contributed by atoms with van der Waals surface area (Å²) in [6.07, 6.45) is 6.65. The molecule has 1 atom stereocenters. The first-order valence-corrected chi connectivity index (χ1v) is 13.6. The van der Waals surface area contributed by atoms with Crippen LogP contribution in [0.2, 0.25) is 12.1 Å². The van der Waals surface area contributed by atoms with Crippen molar-refractivity contribution in [3.05, 3.63) is 23.8 Å². The van der Waals surface area contributed by atoms with Crippen molar-refractivity contribution in [2.24, 2.45) is 0 Å². The molecule has 3 rings (SSSR count). The Hall–Kier alpha value is -0.906. The number of ether oxygens (including phenoxy) is 1. The van der Waals surface area contributed by atoms with Gasteiger partial charge in [0.2, 0.25) is 0 Å². The maximum absolute atomic E-state index is 6.42. The topological polar surface area (TPSA) is 55.4 Å². The Labute approximate surface area is 158 Å². The van der Waals surface area contributed by atoms with Gasteiger partial charge in [0, 0.05) is 32.4 Å². The SMILES string of the molecule is CO[Si](COc1ccc2c(c1)CO[Si](C)(C1CCCCC1)O2)(OC)OC. The zero-order valence-corrected chi connectivity index (χ0v) is 18.2. The molecule has 26 heavy (non-hydrogen) atoms. The fourth-order valence-corrected chi connectivity index (χ4v) is 7.95. The van der Waals surface area contributed by atoms with Crippen LogP contribution < -0.4 is 9.16 Å². The van der Waals surface area contributed by atoms with Gasteiger partial charge in [0.25, 0.3) is 0 Å². The van der Waals surface area contributed by atoms with Crippen molar-refractivity contribution in [3.63, 3.8) is 0 Å². The van der Waals surface area contributed by atoms with Crippen molar-refractivity contribution in [1.82, 2.24) is 0 Å². The Morgan fingerprint density at radius 3 is 2.42 bits per heavy atom. The minimum absolute atomic E-state index is 0.255. The quantitative estimate of drug-likeness (QED) is 0.651. The number of hydrogen-bond acceptors (Lipinski definition) is 6. The highest BCUT2D eigenvalue weighted by molar-refractivity contribution is 6.68. The second-order valence-corrected chi connectivity index (χ2v) is 13.3. The highest BCUT2D eigenvalue weighted by Gasteiger charge is 2.46. The zero-order chi connectivity index (χ0) is 18.6. The molecule has 0 spiro atoms. The Morgan fingerprint density at radius 2 is 1.77 bits per heavy atom. The van der Waals surface area contributed by atoms with E-state index in [9.17, 15) is 0 Å². The lowest BCUT2D eigenvalue weighted by atomic mass is 10.0. The highest BCUT2D eigenvalue weighted by atomic mass is 28.4. The lowest BCUT2D eigenvalue weighted by Crippen LogP contribution is -2.49. The van der Waals surface area contributed by atoms with Gasteiger partial charge >= 0.3 is 17.4 Å². The number of rotatable bonds is 7. The van der Waals surface area contributed by atoms with E-state index in [1.54, 1.807) is 21.3 Å². The third kappa shape index (κ3) is 4.15. The second-order valence-electron chi connectivity index (χ2n) is 7.10. The molecule has 1 aliphatic heterocycles. The van der Waals surface area contributed by atoms with E-state index in [-0.39, 0.29) is 6.23 Å². The average Bonchev–Trinajstić information content (AvgIpc) is 2.70. The minimum atomic E-state index is -2.76. The zero-order valence-electron chi connectivity index (χ0n) is 16.2. The van der Waals surface area contributed by atoms with E-state index in [1.807, 2.05) is 18.2 Å². The number of fused-ring (bicyclic) bond motifs is 1. The molecule has 6 nitrogen and oxygen atoms in total. The molecule has 1 aromatic rings. The van der Waals surface area contributed by atoms with E-state index in [1.165, 1.54) is 32.1 Å². The molecule has 1 unspecified atom stereocenters. The minimum Gasteiger partial charge on any atom is -0.520 e. The molecule has 1 aliphatic carbocycles. The molecular formula is C18H30O6Si2. The van der Waals surface area contributed by atoms with Gasteiger partial charge in [-0.3, -0.25) is 0 Å². The Balaban J connectivity index is 1.67. The van der Waals surface area contributed by atoms with Crippen LogP contribution in [0.15, 0.2) is 18.2 Å². The van der Waals surface area contributed by atoms with Crippen molar-refractivity contribution in [2.45, 2.75) is 50.8 Å². The average molecular weight is 399 g/mol. The van der Waals surface area contributed by atoms with Crippen LogP contribution >= 0.6 is 0 Å². The molecule has 1 saturated carbocycles. The van der Waals surface area contributed by atoms with Gasteiger partial charge in [-0.2, -0.15) is 0 Å². The summed E-state index contributed by atoms with van der Waals surface area (Å²) in [5.41, 5.74) is 1.62. The third-order valence-corrected chi connectivity index (χ3v) is 11.3. The maximum atomic E-state index is 6.42. The maximum Gasteiger partial charge on any atom is 0.539 e. The summed E-state index contributed by atoms with van der Waals surface area (Å²) in [4.78, 5) is 0. The first-order valence-electron chi connectivity index (χ1n) is 9.28.